The zero-order valence-electron chi connectivity index (χ0n) is 15.0. The lowest BCUT2D eigenvalue weighted by Crippen LogP contribution is -2.44. The molecule has 1 aromatic rings. The van der Waals surface area contributed by atoms with Crippen molar-refractivity contribution in [1.29, 1.82) is 0 Å². The molecule has 1 aliphatic rings. The summed E-state index contributed by atoms with van der Waals surface area (Å²) in [6.45, 7) is 9.12. The van der Waals surface area contributed by atoms with E-state index in [9.17, 15) is 5.11 Å². The van der Waals surface area contributed by atoms with E-state index in [0.717, 1.165) is 31.5 Å². The number of nitrogens with one attached hydrogen (secondary N) is 1. The number of piperidine rings is 1. The standard InChI is InChI=1S/C18H30N4O.HI/c1-18(2,3)21-17(19)20-12-14-4-6-16(7-5-14)22-10-8-15(13-23)9-11-22;/h4-7,15,23H,8-13H2,1-3H3,(H3,19,20,21);1H. The van der Waals surface area contributed by atoms with Gasteiger partial charge in [0.05, 0.1) is 6.54 Å². The number of hydrogen-bond acceptors (Lipinski definition) is 3. The quantitative estimate of drug-likeness (QED) is 0.378. The summed E-state index contributed by atoms with van der Waals surface area (Å²) in [5, 5.41) is 12.4. The highest BCUT2D eigenvalue weighted by molar-refractivity contribution is 14.0. The predicted molar refractivity (Wildman–Crippen MR) is 112 cm³/mol. The molecule has 1 heterocycles. The average Bonchev–Trinajstić information content (AvgIpc) is 2.52. The molecular formula is C18H31IN4O. The smallest absolute Gasteiger partial charge is 0.189 e. The molecule has 4 N–H and O–H groups in total. The molecule has 1 fully saturated rings. The first-order chi connectivity index (χ1) is 10.9. The minimum Gasteiger partial charge on any atom is -0.396 e. The average molecular weight is 446 g/mol. The highest BCUT2D eigenvalue weighted by atomic mass is 127. The van der Waals surface area contributed by atoms with E-state index in [4.69, 9.17) is 5.73 Å². The Kier molecular flexibility index (Phi) is 8.29. The van der Waals surface area contributed by atoms with Gasteiger partial charge in [0.1, 0.15) is 0 Å². The molecule has 5 nitrogen and oxygen atoms in total. The number of hydrogen-bond donors (Lipinski definition) is 3. The van der Waals surface area contributed by atoms with Crippen LogP contribution in [0.15, 0.2) is 29.3 Å². The van der Waals surface area contributed by atoms with Crippen molar-refractivity contribution in [3.8, 4) is 0 Å². The van der Waals surface area contributed by atoms with Gasteiger partial charge < -0.3 is 21.1 Å². The Labute approximate surface area is 162 Å². The number of aliphatic hydroxyl groups is 1. The van der Waals surface area contributed by atoms with Gasteiger partial charge >= 0.3 is 0 Å². The van der Waals surface area contributed by atoms with E-state index in [1.54, 1.807) is 0 Å². The van der Waals surface area contributed by atoms with Crippen molar-refractivity contribution in [2.45, 2.75) is 45.7 Å². The molecule has 1 saturated heterocycles. The van der Waals surface area contributed by atoms with Crippen LogP contribution in [0.4, 0.5) is 5.69 Å². The van der Waals surface area contributed by atoms with Crippen molar-refractivity contribution in [2.24, 2.45) is 16.6 Å². The van der Waals surface area contributed by atoms with E-state index in [0.29, 0.717) is 25.0 Å². The fourth-order valence-electron chi connectivity index (χ4n) is 2.79. The lowest BCUT2D eigenvalue weighted by molar-refractivity contribution is 0.203. The number of guanidine groups is 1. The second-order valence-corrected chi connectivity index (χ2v) is 7.36. The van der Waals surface area contributed by atoms with E-state index >= 15 is 0 Å². The Balaban J connectivity index is 0.00000288. The summed E-state index contributed by atoms with van der Waals surface area (Å²) in [5.41, 5.74) is 8.22. The van der Waals surface area contributed by atoms with Crippen LogP contribution >= 0.6 is 24.0 Å². The van der Waals surface area contributed by atoms with Crippen LogP contribution in [0.25, 0.3) is 0 Å². The topological polar surface area (TPSA) is 73.9 Å². The number of rotatable bonds is 4. The monoisotopic (exact) mass is 446 g/mol. The maximum absolute atomic E-state index is 9.21. The fourth-order valence-corrected chi connectivity index (χ4v) is 2.79. The summed E-state index contributed by atoms with van der Waals surface area (Å²) < 4.78 is 0. The van der Waals surface area contributed by atoms with Crippen LogP contribution in [0, 0.1) is 5.92 Å². The summed E-state index contributed by atoms with van der Waals surface area (Å²) in [5.74, 6) is 0.950. The zero-order chi connectivity index (χ0) is 16.9. The normalized spacial score (nSPS) is 16.7. The van der Waals surface area contributed by atoms with Crippen molar-refractivity contribution in [2.75, 3.05) is 24.6 Å². The van der Waals surface area contributed by atoms with E-state index in [-0.39, 0.29) is 29.5 Å². The van der Waals surface area contributed by atoms with Gasteiger partial charge in [-0.25, -0.2) is 4.99 Å². The lowest BCUT2D eigenvalue weighted by atomic mass is 9.97. The largest absolute Gasteiger partial charge is 0.396 e. The van der Waals surface area contributed by atoms with E-state index < -0.39 is 0 Å². The Morgan fingerprint density at radius 1 is 1.25 bits per heavy atom. The van der Waals surface area contributed by atoms with Gasteiger partial charge in [-0.3, -0.25) is 0 Å². The third-order valence-corrected chi connectivity index (χ3v) is 4.11. The number of nitrogens with two attached hydrogens (primary N) is 1. The molecule has 2 rings (SSSR count). The summed E-state index contributed by atoms with van der Waals surface area (Å²) in [6.07, 6.45) is 2.13. The van der Waals surface area contributed by atoms with Crippen molar-refractivity contribution in [1.82, 2.24) is 5.32 Å². The number of anilines is 1. The Morgan fingerprint density at radius 2 is 1.83 bits per heavy atom. The number of halogens is 1. The van der Waals surface area contributed by atoms with Crippen molar-refractivity contribution < 1.29 is 5.11 Å². The van der Waals surface area contributed by atoms with Crippen LogP contribution in [0.2, 0.25) is 0 Å². The maximum atomic E-state index is 9.21. The van der Waals surface area contributed by atoms with Crippen LogP contribution in [-0.4, -0.2) is 36.3 Å². The van der Waals surface area contributed by atoms with Crippen molar-refractivity contribution >= 4 is 35.6 Å². The third-order valence-electron chi connectivity index (χ3n) is 4.11. The summed E-state index contributed by atoms with van der Waals surface area (Å²) in [6, 6.07) is 8.53. The molecule has 0 bridgehead atoms. The molecule has 1 aromatic carbocycles. The number of benzene rings is 1. The molecule has 136 valence electrons. The summed E-state index contributed by atoms with van der Waals surface area (Å²) >= 11 is 0. The third kappa shape index (κ3) is 6.84. The molecule has 0 atom stereocenters. The SMILES string of the molecule is CC(C)(C)NC(N)=NCc1ccc(N2CCC(CO)CC2)cc1.I. The van der Waals surface area contributed by atoms with Gasteiger partial charge in [0.25, 0.3) is 0 Å². The van der Waals surface area contributed by atoms with E-state index in [1.165, 1.54) is 5.69 Å². The highest BCUT2D eigenvalue weighted by Crippen LogP contribution is 2.23. The molecule has 1 aliphatic heterocycles. The molecule has 0 aromatic heterocycles. The van der Waals surface area contributed by atoms with Crippen LogP contribution < -0.4 is 16.0 Å². The van der Waals surface area contributed by atoms with Gasteiger partial charge in [0.15, 0.2) is 5.96 Å². The van der Waals surface area contributed by atoms with Gasteiger partial charge in [0, 0.05) is 30.9 Å². The first-order valence-corrected chi connectivity index (χ1v) is 8.40. The maximum Gasteiger partial charge on any atom is 0.189 e. The van der Waals surface area contributed by atoms with Crippen molar-refractivity contribution in [3.05, 3.63) is 29.8 Å². The van der Waals surface area contributed by atoms with Gasteiger partial charge in [-0.1, -0.05) is 12.1 Å². The van der Waals surface area contributed by atoms with E-state index in [2.05, 4.69) is 60.2 Å². The molecule has 24 heavy (non-hydrogen) atoms. The number of aliphatic imine (C=N–C) groups is 1. The molecule has 0 radical (unpaired) electrons. The first-order valence-electron chi connectivity index (χ1n) is 8.40. The number of nitrogens with zero attached hydrogens (tertiary/aromatic N) is 2. The van der Waals surface area contributed by atoms with Crippen LogP contribution in [0.3, 0.4) is 0 Å². The molecular weight excluding hydrogens is 415 g/mol. The van der Waals surface area contributed by atoms with E-state index in [1.807, 2.05) is 0 Å². The summed E-state index contributed by atoms with van der Waals surface area (Å²) in [7, 11) is 0. The minimum atomic E-state index is -0.0713. The second-order valence-electron chi connectivity index (χ2n) is 7.36. The van der Waals surface area contributed by atoms with Crippen LogP contribution in [0.5, 0.6) is 0 Å². The molecule has 0 saturated carbocycles. The van der Waals surface area contributed by atoms with Gasteiger partial charge in [-0.05, 0) is 57.2 Å². The van der Waals surface area contributed by atoms with Gasteiger partial charge in [-0.15, -0.1) is 24.0 Å². The minimum absolute atomic E-state index is 0. The molecule has 0 unspecified atom stereocenters. The molecule has 0 aliphatic carbocycles. The first kappa shape index (κ1) is 21.0. The Morgan fingerprint density at radius 3 is 2.33 bits per heavy atom. The predicted octanol–water partition coefficient (Wildman–Crippen LogP) is 2.72. The summed E-state index contributed by atoms with van der Waals surface area (Å²) in [4.78, 5) is 6.77. The Hall–Kier alpha value is -1.02. The van der Waals surface area contributed by atoms with Crippen molar-refractivity contribution in [3.63, 3.8) is 0 Å². The molecule has 6 heteroatoms. The lowest BCUT2D eigenvalue weighted by Gasteiger charge is -2.32. The fraction of sp³-hybridized carbons (Fsp3) is 0.611. The molecule has 0 amide bonds. The van der Waals surface area contributed by atoms with Gasteiger partial charge in [-0.2, -0.15) is 0 Å². The number of aliphatic hydroxyl groups excluding tert-OH is 1. The zero-order valence-corrected chi connectivity index (χ0v) is 17.3. The van der Waals surface area contributed by atoms with Crippen LogP contribution in [-0.2, 0) is 6.54 Å². The second kappa shape index (κ2) is 9.46. The molecule has 0 spiro atoms. The van der Waals surface area contributed by atoms with Gasteiger partial charge in [0.2, 0.25) is 0 Å². The Bertz CT molecular complexity index is 517. The highest BCUT2D eigenvalue weighted by Gasteiger charge is 2.18. The van der Waals surface area contributed by atoms with Crippen LogP contribution in [0.1, 0.15) is 39.2 Å².